The summed E-state index contributed by atoms with van der Waals surface area (Å²) >= 11 is 0. The lowest BCUT2D eigenvalue weighted by atomic mass is 9.96. The fraction of sp³-hybridized carbons (Fsp3) is 0.333. The zero-order chi connectivity index (χ0) is 21.3. The number of amides is 1. The molecule has 1 N–H and O–H groups in total. The molecule has 30 heavy (non-hydrogen) atoms. The summed E-state index contributed by atoms with van der Waals surface area (Å²) in [6, 6.07) is 8.61. The van der Waals surface area contributed by atoms with E-state index in [1.54, 1.807) is 12.1 Å². The number of anilines is 1. The fourth-order valence-electron chi connectivity index (χ4n) is 3.72. The average Bonchev–Trinajstić information content (AvgIpc) is 3.16. The highest BCUT2D eigenvalue weighted by molar-refractivity contribution is 6.04. The van der Waals surface area contributed by atoms with Crippen LogP contribution in [0.3, 0.4) is 0 Å². The van der Waals surface area contributed by atoms with E-state index in [0.29, 0.717) is 11.6 Å². The monoisotopic (exact) mass is 413 g/mol. The molecule has 0 radical (unpaired) electrons. The standard InChI is InChI=1S/C21H18F3N5O/c22-21(23,24)19-8-4-7-16(26-19)20(30)27-17-10-14-12-29(15-5-2-1-3-6-15)28-18(14)9-13(17)11-25/h4,7-10,12,15H,1-3,5-6H2,(H,27,30). The molecule has 1 fully saturated rings. The molecule has 4 rings (SSSR count). The number of hydrogen-bond acceptors (Lipinski definition) is 4. The maximum absolute atomic E-state index is 12.9. The molecule has 1 saturated carbocycles. The summed E-state index contributed by atoms with van der Waals surface area (Å²) in [5, 5.41) is 17.3. The van der Waals surface area contributed by atoms with Crippen molar-refractivity contribution in [3.63, 3.8) is 0 Å². The van der Waals surface area contributed by atoms with Gasteiger partial charge in [0, 0.05) is 11.6 Å². The Bertz CT molecular complexity index is 1140. The highest BCUT2D eigenvalue weighted by Crippen LogP contribution is 2.31. The number of hydrogen-bond donors (Lipinski definition) is 1. The van der Waals surface area contributed by atoms with Crippen LogP contribution in [0.25, 0.3) is 10.9 Å². The van der Waals surface area contributed by atoms with Gasteiger partial charge in [-0.05, 0) is 37.1 Å². The Kier molecular flexibility index (Phi) is 5.16. The molecule has 0 spiro atoms. The summed E-state index contributed by atoms with van der Waals surface area (Å²) in [6.45, 7) is 0. The molecule has 6 nitrogen and oxygen atoms in total. The first-order valence-corrected chi connectivity index (χ1v) is 9.64. The van der Waals surface area contributed by atoms with Gasteiger partial charge in [0.05, 0.1) is 22.8 Å². The van der Waals surface area contributed by atoms with Crippen molar-refractivity contribution in [2.45, 2.75) is 44.3 Å². The third-order valence-corrected chi connectivity index (χ3v) is 5.25. The van der Waals surface area contributed by atoms with E-state index >= 15 is 0 Å². The van der Waals surface area contributed by atoms with Gasteiger partial charge in [-0.3, -0.25) is 9.48 Å². The lowest BCUT2D eigenvalue weighted by Gasteiger charge is -2.21. The number of alkyl halides is 3. The minimum absolute atomic E-state index is 0.178. The Morgan fingerprint density at radius 3 is 2.67 bits per heavy atom. The van der Waals surface area contributed by atoms with Gasteiger partial charge >= 0.3 is 6.18 Å². The van der Waals surface area contributed by atoms with Crippen LogP contribution in [0.5, 0.6) is 0 Å². The highest BCUT2D eigenvalue weighted by atomic mass is 19.4. The van der Waals surface area contributed by atoms with Crippen LogP contribution in [0.4, 0.5) is 18.9 Å². The van der Waals surface area contributed by atoms with Crippen LogP contribution >= 0.6 is 0 Å². The molecule has 1 aliphatic rings. The summed E-state index contributed by atoms with van der Waals surface area (Å²) in [7, 11) is 0. The van der Waals surface area contributed by atoms with Crippen LogP contribution in [0.2, 0.25) is 0 Å². The molecule has 0 bridgehead atoms. The second kappa shape index (κ2) is 7.78. The number of pyridine rings is 1. The smallest absolute Gasteiger partial charge is 0.319 e. The van der Waals surface area contributed by atoms with Crippen molar-refractivity contribution in [3.8, 4) is 6.07 Å². The Labute approximate surface area is 170 Å². The molecule has 0 unspecified atom stereocenters. The van der Waals surface area contributed by atoms with Gasteiger partial charge in [-0.15, -0.1) is 0 Å². The minimum atomic E-state index is -4.65. The Morgan fingerprint density at radius 2 is 1.97 bits per heavy atom. The lowest BCUT2D eigenvalue weighted by molar-refractivity contribution is -0.141. The summed E-state index contributed by atoms with van der Waals surface area (Å²) in [6.07, 6.45) is 2.83. The summed E-state index contributed by atoms with van der Waals surface area (Å²) in [5.74, 6) is -0.823. The number of carbonyl (C=O) groups is 1. The lowest BCUT2D eigenvalue weighted by Crippen LogP contribution is -2.17. The van der Waals surface area contributed by atoms with Crippen LogP contribution in [0.15, 0.2) is 36.5 Å². The number of carbonyl (C=O) groups excluding carboxylic acids is 1. The summed E-state index contributed by atoms with van der Waals surface area (Å²) < 4.78 is 40.5. The topological polar surface area (TPSA) is 83.6 Å². The van der Waals surface area contributed by atoms with E-state index in [1.165, 1.54) is 12.5 Å². The van der Waals surface area contributed by atoms with Gasteiger partial charge in [0.25, 0.3) is 5.91 Å². The largest absolute Gasteiger partial charge is 0.433 e. The number of rotatable bonds is 3. The van der Waals surface area contributed by atoms with Crippen molar-refractivity contribution in [2.24, 2.45) is 0 Å². The number of nitrogens with one attached hydrogen (secondary N) is 1. The maximum Gasteiger partial charge on any atom is 0.433 e. The van der Waals surface area contributed by atoms with Gasteiger partial charge < -0.3 is 5.32 Å². The summed E-state index contributed by atoms with van der Waals surface area (Å²) in [4.78, 5) is 15.9. The SMILES string of the molecule is N#Cc1cc2nn(C3CCCCC3)cc2cc1NC(=O)c1cccc(C(F)(F)F)n1. The molecule has 0 saturated heterocycles. The van der Waals surface area contributed by atoms with Crippen molar-refractivity contribution >= 4 is 22.5 Å². The van der Waals surface area contributed by atoms with E-state index < -0.39 is 17.8 Å². The van der Waals surface area contributed by atoms with E-state index in [1.807, 2.05) is 16.9 Å². The van der Waals surface area contributed by atoms with Crippen LogP contribution in [-0.4, -0.2) is 20.7 Å². The van der Waals surface area contributed by atoms with E-state index in [-0.39, 0.29) is 16.9 Å². The van der Waals surface area contributed by atoms with E-state index in [2.05, 4.69) is 15.4 Å². The van der Waals surface area contributed by atoms with Gasteiger partial charge in [-0.1, -0.05) is 25.3 Å². The maximum atomic E-state index is 12.9. The van der Waals surface area contributed by atoms with Crippen LogP contribution in [0.1, 0.15) is 59.9 Å². The van der Waals surface area contributed by atoms with Gasteiger partial charge in [0.1, 0.15) is 17.5 Å². The predicted molar refractivity (Wildman–Crippen MR) is 104 cm³/mol. The molecule has 2 heterocycles. The van der Waals surface area contributed by atoms with Gasteiger partial charge in [-0.2, -0.15) is 23.5 Å². The normalized spacial score (nSPS) is 15.1. The predicted octanol–water partition coefficient (Wildman–Crippen LogP) is 5.08. The van der Waals surface area contributed by atoms with Crippen LogP contribution in [-0.2, 0) is 6.18 Å². The first kappa shape index (κ1) is 19.9. The van der Waals surface area contributed by atoms with Crippen molar-refractivity contribution in [1.82, 2.24) is 14.8 Å². The van der Waals surface area contributed by atoms with Gasteiger partial charge in [0.15, 0.2) is 0 Å². The summed E-state index contributed by atoms with van der Waals surface area (Å²) in [5.41, 5.74) is -0.520. The molecule has 0 atom stereocenters. The number of benzene rings is 1. The molecule has 0 aliphatic heterocycles. The second-order valence-electron chi connectivity index (χ2n) is 7.33. The third-order valence-electron chi connectivity index (χ3n) is 5.25. The third kappa shape index (κ3) is 3.99. The van der Waals surface area contributed by atoms with E-state index in [0.717, 1.165) is 43.2 Å². The van der Waals surface area contributed by atoms with Gasteiger partial charge in [-0.25, -0.2) is 4.98 Å². The van der Waals surface area contributed by atoms with Crippen molar-refractivity contribution in [2.75, 3.05) is 5.32 Å². The van der Waals surface area contributed by atoms with E-state index in [4.69, 9.17) is 0 Å². The average molecular weight is 413 g/mol. The minimum Gasteiger partial charge on any atom is -0.319 e. The molecule has 2 aromatic heterocycles. The second-order valence-corrected chi connectivity index (χ2v) is 7.33. The molecule has 1 aliphatic carbocycles. The quantitative estimate of drug-likeness (QED) is 0.649. The van der Waals surface area contributed by atoms with E-state index in [9.17, 15) is 23.2 Å². The van der Waals surface area contributed by atoms with Crippen molar-refractivity contribution in [1.29, 1.82) is 5.26 Å². The zero-order valence-corrected chi connectivity index (χ0v) is 15.9. The van der Waals surface area contributed by atoms with Crippen molar-refractivity contribution < 1.29 is 18.0 Å². The molecular formula is C21H18F3N5O. The number of halogens is 3. The fourth-order valence-corrected chi connectivity index (χ4v) is 3.72. The first-order valence-electron chi connectivity index (χ1n) is 9.64. The first-order chi connectivity index (χ1) is 14.3. The molecule has 1 amide bonds. The molecule has 1 aromatic carbocycles. The number of fused-ring (bicyclic) bond motifs is 1. The zero-order valence-electron chi connectivity index (χ0n) is 15.9. The van der Waals surface area contributed by atoms with Gasteiger partial charge in [0.2, 0.25) is 0 Å². The number of aromatic nitrogens is 3. The van der Waals surface area contributed by atoms with Crippen molar-refractivity contribution in [3.05, 3.63) is 53.5 Å². The molecule has 3 aromatic rings. The van der Waals surface area contributed by atoms with Crippen LogP contribution in [0, 0.1) is 11.3 Å². The van der Waals surface area contributed by atoms with Crippen LogP contribution < -0.4 is 5.32 Å². The highest BCUT2D eigenvalue weighted by Gasteiger charge is 2.33. The number of nitriles is 1. The number of nitrogens with zero attached hydrogens (tertiary/aromatic N) is 4. The molecular weight excluding hydrogens is 395 g/mol. The Morgan fingerprint density at radius 1 is 1.20 bits per heavy atom. The Hall–Kier alpha value is -3.41. The Balaban J connectivity index is 1.63. The molecule has 9 heteroatoms. The molecule has 154 valence electrons.